The van der Waals surface area contributed by atoms with Crippen LogP contribution < -0.4 is 10.1 Å². The number of amides is 1. The largest absolute Gasteiger partial charge is 0.464 e. The number of alkyl halides is 3. The second kappa shape index (κ2) is 6.14. The Morgan fingerprint density at radius 3 is 2.73 bits per heavy atom. The Balaban J connectivity index is 2.05. The molecular weight excluding hydrogens is 297 g/mol. The fraction of sp³-hybridized carbons (Fsp3) is 0.600. The molecule has 1 N–H and O–H groups in total. The van der Waals surface area contributed by atoms with E-state index in [1.165, 1.54) is 18.3 Å². The summed E-state index contributed by atoms with van der Waals surface area (Å²) < 4.78 is 42.5. The Labute approximate surface area is 127 Å². The molecule has 1 atom stereocenters. The molecule has 7 heteroatoms. The highest BCUT2D eigenvalue weighted by Gasteiger charge is 2.41. The SMILES string of the molecule is CCC1(CNC(=O)c2cccnc2O[C@H](C)C(F)(F)F)CC1. The third-order valence-corrected chi connectivity index (χ3v) is 4.10. The van der Waals surface area contributed by atoms with E-state index in [1.54, 1.807) is 0 Å². The van der Waals surface area contributed by atoms with Crippen molar-refractivity contribution < 1.29 is 22.7 Å². The van der Waals surface area contributed by atoms with E-state index in [1.807, 2.05) is 0 Å². The first kappa shape index (κ1) is 16.6. The second-order valence-electron chi connectivity index (χ2n) is 5.69. The molecule has 0 aliphatic heterocycles. The maximum Gasteiger partial charge on any atom is 0.425 e. The van der Waals surface area contributed by atoms with E-state index in [0.29, 0.717) is 6.54 Å². The first-order valence-corrected chi connectivity index (χ1v) is 7.24. The van der Waals surface area contributed by atoms with Crippen molar-refractivity contribution in [2.24, 2.45) is 5.41 Å². The molecule has 1 aromatic rings. The highest BCUT2D eigenvalue weighted by molar-refractivity contribution is 5.96. The van der Waals surface area contributed by atoms with Crippen LogP contribution in [0.3, 0.4) is 0 Å². The van der Waals surface area contributed by atoms with E-state index in [-0.39, 0.29) is 16.9 Å². The summed E-state index contributed by atoms with van der Waals surface area (Å²) in [6.45, 7) is 3.46. The van der Waals surface area contributed by atoms with Gasteiger partial charge in [0, 0.05) is 12.7 Å². The van der Waals surface area contributed by atoms with Gasteiger partial charge in [0.15, 0.2) is 6.10 Å². The van der Waals surface area contributed by atoms with Gasteiger partial charge in [-0.05, 0) is 43.7 Å². The van der Waals surface area contributed by atoms with Crippen LogP contribution in [0.4, 0.5) is 13.2 Å². The number of carbonyl (C=O) groups excluding carboxylic acids is 1. The van der Waals surface area contributed by atoms with Crippen molar-refractivity contribution in [3.63, 3.8) is 0 Å². The van der Waals surface area contributed by atoms with Gasteiger partial charge in [-0.1, -0.05) is 6.92 Å². The van der Waals surface area contributed by atoms with Gasteiger partial charge in [-0.15, -0.1) is 0 Å². The summed E-state index contributed by atoms with van der Waals surface area (Å²) in [7, 11) is 0. The minimum atomic E-state index is -4.51. The van der Waals surface area contributed by atoms with Crippen molar-refractivity contribution in [2.45, 2.75) is 45.4 Å². The van der Waals surface area contributed by atoms with Crippen LogP contribution in [0.1, 0.15) is 43.5 Å². The zero-order chi connectivity index (χ0) is 16.4. The Hall–Kier alpha value is -1.79. The lowest BCUT2D eigenvalue weighted by atomic mass is 10.0. The van der Waals surface area contributed by atoms with Crippen LogP contribution in [0.2, 0.25) is 0 Å². The van der Waals surface area contributed by atoms with Crippen molar-refractivity contribution in [1.82, 2.24) is 10.3 Å². The normalized spacial score (nSPS) is 17.7. The van der Waals surface area contributed by atoms with Crippen LogP contribution in [0.5, 0.6) is 5.88 Å². The van der Waals surface area contributed by atoms with Gasteiger partial charge < -0.3 is 10.1 Å². The van der Waals surface area contributed by atoms with Gasteiger partial charge in [0.25, 0.3) is 5.91 Å². The molecule has 0 radical (unpaired) electrons. The standard InChI is InChI=1S/C15H19F3N2O2/c1-3-14(6-7-14)9-20-12(21)11-5-4-8-19-13(11)22-10(2)15(16,17)18/h4-5,8,10H,3,6-7,9H2,1-2H3,(H,20,21)/t10-/m1/s1. The van der Waals surface area contributed by atoms with Crippen molar-refractivity contribution in [3.8, 4) is 5.88 Å². The number of halogens is 3. The summed E-state index contributed by atoms with van der Waals surface area (Å²) in [5.74, 6) is -0.761. The molecule has 1 saturated carbocycles. The van der Waals surface area contributed by atoms with Crippen molar-refractivity contribution in [3.05, 3.63) is 23.9 Å². The summed E-state index contributed by atoms with van der Waals surface area (Å²) >= 11 is 0. The molecule has 1 fully saturated rings. The van der Waals surface area contributed by atoms with Crippen molar-refractivity contribution in [2.75, 3.05) is 6.54 Å². The molecule has 1 heterocycles. The van der Waals surface area contributed by atoms with Crippen LogP contribution in [0.15, 0.2) is 18.3 Å². The molecule has 2 rings (SSSR count). The van der Waals surface area contributed by atoms with E-state index in [4.69, 9.17) is 4.74 Å². The predicted molar refractivity (Wildman–Crippen MR) is 74.7 cm³/mol. The fourth-order valence-corrected chi connectivity index (χ4v) is 2.09. The van der Waals surface area contributed by atoms with Gasteiger partial charge >= 0.3 is 6.18 Å². The molecule has 4 nitrogen and oxygen atoms in total. The lowest BCUT2D eigenvalue weighted by Crippen LogP contribution is -2.34. The van der Waals surface area contributed by atoms with Gasteiger partial charge in [-0.25, -0.2) is 4.98 Å². The van der Waals surface area contributed by atoms with E-state index < -0.39 is 18.2 Å². The Morgan fingerprint density at radius 1 is 1.50 bits per heavy atom. The third kappa shape index (κ3) is 3.90. The molecule has 0 aromatic carbocycles. The number of rotatable bonds is 6. The van der Waals surface area contributed by atoms with Crippen LogP contribution in [-0.2, 0) is 0 Å². The van der Waals surface area contributed by atoms with Gasteiger partial charge in [-0.2, -0.15) is 13.2 Å². The molecule has 22 heavy (non-hydrogen) atoms. The molecule has 0 unspecified atom stereocenters. The summed E-state index contributed by atoms with van der Waals surface area (Å²) in [6, 6.07) is 2.90. The van der Waals surface area contributed by atoms with Crippen molar-refractivity contribution in [1.29, 1.82) is 0 Å². The number of nitrogens with one attached hydrogen (secondary N) is 1. The highest BCUT2D eigenvalue weighted by Crippen LogP contribution is 2.47. The summed E-state index contributed by atoms with van der Waals surface area (Å²) in [6.07, 6.45) is -2.15. The topological polar surface area (TPSA) is 51.2 Å². The van der Waals surface area contributed by atoms with E-state index in [0.717, 1.165) is 26.2 Å². The molecule has 122 valence electrons. The Bertz CT molecular complexity index is 542. The minimum absolute atomic E-state index is 0.0190. The van der Waals surface area contributed by atoms with Crippen LogP contribution >= 0.6 is 0 Å². The average molecular weight is 316 g/mol. The summed E-state index contributed by atoms with van der Waals surface area (Å²) in [5.41, 5.74) is 0.170. The molecule has 1 amide bonds. The van der Waals surface area contributed by atoms with Gasteiger partial charge in [-0.3, -0.25) is 4.79 Å². The van der Waals surface area contributed by atoms with Crippen LogP contribution in [0.25, 0.3) is 0 Å². The molecule has 1 aromatic heterocycles. The van der Waals surface area contributed by atoms with E-state index in [9.17, 15) is 18.0 Å². The molecule has 0 bridgehead atoms. The van der Waals surface area contributed by atoms with Gasteiger partial charge in [0.2, 0.25) is 5.88 Å². The minimum Gasteiger partial charge on any atom is -0.464 e. The van der Waals surface area contributed by atoms with E-state index >= 15 is 0 Å². The number of aromatic nitrogens is 1. The molecule has 0 saturated heterocycles. The maximum atomic E-state index is 12.6. The molecular formula is C15H19F3N2O2. The quantitative estimate of drug-likeness (QED) is 0.876. The monoisotopic (exact) mass is 316 g/mol. The number of ether oxygens (including phenoxy) is 1. The Morgan fingerprint density at radius 2 is 2.18 bits per heavy atom. The third-order valence-electron chi connectivity index (χ3n) is 4.10. The zero-order valence-corrected chi connectivity index (χ0v) is 12.5. The Kier molecular flexibility index (Phi) is 4.63. The average Bonchev–Trinajstić information content (AvgIpc) is 3.25. The van der Waals surface area contributed by atoms with Gasteiger partial charge in [0.1, 0.15) is 5.56 Å². The molecule has 1 aliphatic rings. The lowest BCUT2D eigenvalue weighted by Gasteiger charge is -2.19. The number of hydrogen-bond donors (Lipinski definition) is 1. The van der Waals surface area contributed by atoms with Crippen LogP contribution in [0, 0.1) is 5.41 Å². The predicted octanol–water partition coefficient (Wildman–Crippen LogP) is 3.33. The highest BCUT2D eigenvalue weighted by atomic mass is 19.4. The first-order chi connectivity index (χ1) is 10.3. The second-order valence-corrected chi connectivity index (χ2v) is 5.69. The zero-order valence-electron chi connectivity index (χ0n) is 12.5. The van der Waals surface area contributed by atoms with E-state index in [2.05, 4.69) is 17.2 Å². The van der Waals surface area contributed by atoms with Gasteiger partial charge in [0.05, 0.1) is 0 Å². The maximum absolute atomic E-state index is 12.6. The number of carbonyl (C=O) groups is 1. The lowest BCUT2D eigenvalue weighted by molar-refractivity contribution is -0.190. The summed E-state index contributed by atoms with van der Waals surface area (Å²) in [5, 5.41) is 2.76. The summed E-state index contributed by atoms with van der Waals surface area (Å²) in [4.78, 5) is 15.9. The van der Waals surface area contributed by atoms with Crippen LogP contribution in [-0.4, -0.2) is 29.7 Å². The number of hydrogen-bond acceptors (Lipinski definition) is 3. The first-order valence-electron chi connectivity index (χ1n) is 7.24. The fourth-order valence-electron chi connectivity index (χ4n) is 2.09. The number of pyridine rings is 1. The molecule has 0 spiro atoms. The number of nitrogens with zero attached hydrogens (tertiary/aromatic N) is 1. The smallest absolute Gasteiger partial charge is 0.425 e. The van der Waals surface area contributed by atoms with Crippen molar-refractivity contribution >= 4 is 5.91 Å². The molecule has 1 aliphatic carbocycles.